The second kappa shape index (κ2) is 6.72. The van der Waals surface area contributed by atoms with E-state index in [2.05, 4.69) is 15.9 Å². The van der Waals surface area contributed by atoms with Crippen LogP contribution in [0.15, 0.2) is 40.9 Å². The first-order valence-electron chi connectivity index (χ1n) is 6.23. The van der Waals surface area contributed by atoms with Gasteiger partial charge in [0, 0.05) is 16.5 Å². The van der Waals surface area contributed by atoms with E-state index in [1.54, 1.807) is 31.4 Å². The van der Waals surface area contributed by atoms with Gasteiger partial charge in [0.1, 0.15) is 5.82 Å². The van der Waals surface area contributed by atoms with E-state index < -0.39 is 5.82 Å². The van der Waals surface area contributed by atoms with Gasteiger partial charge < -0.3 is 9.47 Å². The van der Waals surface area contributed by atoms with Crippen molar-refractivity contribution >= 4 is 21.7 Å². The second-order valence-electron chi connectivity index (χ2n) is 4.45. The molecule has 0 aromatic heterocycles. The van der Waals surface area contributed by atoms with Crippen molar-refractivity contribution in [3.63, 3.8) is 0 Å². The zero-order chi connectivity index (χ0) is 15.4. The summed E-state index contributed by atoms with van der Waals surface area (Å²) in [6.07, 6.45) is 0.163. The Morgan fingerprint density at radius 2 is 1.81 bits per heavy atom. The first-order valence-corrected chi connectivity index (χ1v) is 7.03. The topological polar surface area (TPSA) is 35.5 Å². The largest absolute Gasteiger partial charge is 0.493 e. The molecule has 0 aliphatic heterocycles. The highest BCUT2D eigenvalue weighted by molar-refractivity contribution is 9.10. The SMILES string of the molecule is COc1ccc(CC(=O)c2cc(F)cc(Br)c2)cc1OC. The molecule has 0 bridgehead atoms. The minimum Gasteiger partial charge on any atom is -0.493 e. The van der Waals surface area contributed by atoms with Crippen LogP contribution in [0, 0.1) is 5.82 Å². The summed E-state index contributed by atoms with van der Waals surface area (Å²) in [4.78, 5) is 12.2. The van der Waals surface area contributed by atoms with Crippen molar-refractivity contribution in [2.45, 2.75) is 6.42 Å². The normalized spacial score (nSPS) is 10.3. The molecule has 5 heteroatoms. The lowest BCUT2D eigenvalue weighted by Gasteiger charge is -2.09. The number of ketones is 1. The van der Waals surface area contributed by atoms with Gasteiger partial charge in [0.2, 0.25) is 0 Å². The average Bonchev–Trinajstić information content (AvgIpc) is 2.46. The molecular formula is C16H14BrFO3. The number of benzene rings is 2. The molecule has 0 unspecified atom stereocenters. The standard InChI is InChI=1S/C16H14BrFO3/c1-20-15-4-3-10(6-16(15)21-2)5-14(19)11-7-12(17)9-13(18)8-11/h3-4,6-9H,5H2,1-2H3. The fourth-order valence-corrected chi connectivity index (χ4v) is 2.46. The maximum absolute atomic E-state index is 13.3. The Hall–Kier alpha value is -1.88. The minimum absolute atomic E-state index is 0.163. The number of hydrogen-bond donors (Lipinski definition) is 0. The van der Waals surface area contributed by atoms with Gasteiger partial charge in [-0.25, -0.2) is 4.39 Å². The molecule has 2 aromatic rings. The lowest BCUT2D eigenvalue weighted by atomic mass is 10.0. The van der Waals surface area contributed by atoms with Gasteiger partial charge >= 0.3 is 0 Å². The van der Waals surface area contributed by atoms with Crippen molar-refractivity contribution in [3.05, 3.63) is 57.8 Å². The second-order valence-corrected chi connectivity index (χ2v) is 5.36. The average molecular weight is 353 g/mol. The molecule has 0 fully saturated rings. The van der Waals surface area contributed by atoms with Crippen LogP contribution in [0.1, 0.15) is 15.9 Å². The maximum Gasteiger partial charge on any atom is 0.167 e. The predicted octanol–water partition coefficient (Wildman–Crippen LogP) is 4.03. The Morgan fingerprint density at radius 3 is 2.43 bits per heavy atom. The van der Waals surface area contributed by atoms with Crippen molar-refractivity contribution < 1.29 is 18.7 Å². The molecule has 0 atom stereocenters. The van der Waals surface area contributed by atoms with E-state index >= 15 is 0 Å². The van der Waals surface area contributed by atoms with Crippen LogP contribution in [-0.4, -0.2) is 20.0 Å². The molecule has 2 aromatic carbocycles. The van der Waals surface area contributed by atoms with E-state index in [1.165, 1.54) is 19.2 Å². The predicted molar refractivity (Wildman–Crippen MR) is 81.7 cm³/mol. The Balaban J connectivity index is 2.23. The van der Waals surface area contributed by atoms with Gasteiger partial charge in [-0.2, -0.15) is 0 Å². The third kappa shape index (κ3) is 3.82. The number of carbonyl (C=O) groups excluding carboxylic acids is 1. The molecule has 0 heterocycles. The summed E-state index contributed by atoms with van der Waals surface area (Å²) in [7, 11) is 3.08. The fourth-order valence-electron chi connectivity index (χ4n) is 1.99. The first kappa shape index (κ1) is 15.5. The third-order valence-electron chi connectivity index (χ3n) is 3.00. The van der Waals surface area contributed by atoms with E-state index in [-0.39, 0.29) is 12.2 Å². The van der Waals surface area contributed by atoms with Crippen molar-refractivity contribution in [2.24, 2.45) is 0 Å². The highest BCUT2D eigenvalue weighted by atomic mass is 79.9. The lowest BCUT2D eigenvalue weighted by Crippen LogP contribution is -2.04. The summed E-state index contributed by atoms with van der Waals surface area (Å²) in [5.41, 5.74) is 1.11. The highest BCUT2D eigenvalue weighted by Crippen LogP contribution is 2.28. The van der Waals surface area contributed by atoms with Crippen LogP contribution in [0.3, 0.4) is 0 Å². The van der Waals surface area contributed by atoms with Gasteiger partial charge in [-0.3, -0.25) is 4.79 Å². The van der Waals surface area contributed by atoms with Crippen molar-refractivity contribution in [3.8, 4) is 11.5 Å². The van der Waals surface area contributed by atoms with Crippen LogP contribution >= 0.6 is 15.9 Å². The monoisotopic (exact) mass is 352 g/mol. The van der Waals surface area contributed by atoms with E-state index in [0.29, 0.717) is 21.5 Å². The molecule has 0 saturated heterocycles. The molecule has 3 nitrogen and oxygen atoms in total. The third-order valence-corrected chi connectivity index (χ3v) is 3.46. The Kier molecular flexibility index (Phi) is 4.96. The molecule has 110 valence electrons. The smallest absolute Gasteiger partial charge is 0.167 e. The zero-order valence-electron chi connectivity index (χ0n) is 11.7. The number of methoxy groups -OCH3 is 2. The van der Waals surface area contributed by atoms with Crippen LogP contribution in [0.4, 0.5) is 4.39 Å². The van der Waals surface area contributed by atoms with Gasteiger partial charge in [0.15, 0.2) is 17.3 Å². The summed E-state index contributed by atoms with van der Waals surface area (Å²) in [5, 5.41) is 0. The molecule has 0 radical (unpaired) electrons. The molecule has 0 spiro atoms. The van der Waals surface area contributed by atoms with Crippen LogP contribution < -0.4 is 9.47 Å². The fraction of sp³-hybridized carbons (Fsp3) is 0.188. The molecule has 0 aliphatic carbocycles. The highest BCUT2D eigenvalue weighted by Gasteiger charge is 2.12. The quantitative estimate of drug-likeness (QED) is 0.762. The van der Waals surface area contributed by atoms with Crippen LogP contribution in [0.2, 0.25) is 0 Å². The summed E-state index contributed by atoms with van der Waals surface area (Å²) in [6, 6.07) is 9.41. The molecular weight excluding hydrogens is 339 g/mol. The van der Waals surface area contributed by atoms with E-state index in [9.17, 15) is 9.18 Å². The van der Waals surface area contributed by atoms with Gasteiger partial charge in [-0.15, -0.1) is 0 Å². The van der Waals surface area contributed by atoms with Gasteiger partial charge in [0.05, 0.1) is 14.2 Å². The molecule has 2 rings (SSSR count). The van der Waals surface area contributed by atoms with E-state index in [0.717, 1.165) is 5.56 Å². The molecule has 0 amide bonds. The lowest BCUT2D eigenvalue weighted by molar-refractivity contribution is 0.0992. The maximum atomic E-state index is 13.3. The summed E-state index contributed by atoms with van der Waals surface area (Å²) < 4.78 is 24.2. The molecule has 0 aliphatic rings. The van der Waals surface area contributed by atoms with Crippen molar-refractivity contribution in [1.29, 1.82) is 0 Å². The Labute approximate surface area is 130 Å². The summed E-state index contributed by atoms with van der Waals surface area (Å²) in [5.74, 6) is 0.549. The van der Waals surface area contributed by atoms with Gasteiger partial charge in [-0.1, -0.05) is 22.0 Å². The number of ether oxygens (including phenoxy) is 2. The number of carbonyl (C=O) groups is 1. The summed E-state index contributed by atoms with van der Waals surface area (Å²) >= 11 is 3.18. The molecule has 21 heavy (non-hydrogen) atoms. The number of Topliss-reactive ketones (excluding diaryl/α,β-unsaturated/α-hetero) is 1. The van der Waals surface area contributed by atoms with Crippen molar-refractivity contribution in [2.75, 3.05) is 14.2 Å². The van der Waals surface area contributed by atoms with E-state index in [1.807, 2.05) is 0 Å². The number of hydrogen-bond acceptors (Lipinski definition) is 3. The number of rotatable bonds is 5. The van der Waals surface area contributed by atoms with Crippen LogP contribution in [0.5, 0.6) is 11.5 Å². The molecule has 0 saturated carbocycles. The summed E-state index contributed by atoms with van der Waals surface area (Å²) in [6.45, 7) is 0. The minimum atomic E-state index is -0.444. The van der Waals surface area contributed by atoms with E-state index in [4.69, 9.17) is 9.47 Å². The number of halogens is 2. The zero-order valence-corrected chi connectivity index (χ0v) is 13.2. The van der Waals surface area contributed by atoms with Crippen molar-refractivity contribution in [1.82, 2.24) is 0 Å². The Morgan fingerprint density at radius 1 is 1.10 bits per heavy atom. The first-order chi connectivity index (χ1) is 10.0. The Bertz CT molecular complexity index is 650. The van der Waals surface area contributed by atoms with Gasteiger partial charge in [0.25, 0.3) is 0 Å². The van der Waals surface area contributed by atoms with Gasteiger partial charge in [-0.05, 0) is 35.9 Å². The van der Waals surface area contributed by atoms with Crippen LogP contribution in [0.25, 0.3) is 0 Å². The molecule has 0 N–H and O–H groups in total. The van der Waals surface area contributed by atoms with Crippen LogP contribution in [-0.2, 0) is 6.42 Å².